The summed E-state index contributed by atoms with van der Waals surface area (Å²) in [6.45, 7) is 8.08. The monoisotopic (exact) mass is 560 g/mol. The van der Waals surface area contributed by atoms with Gasteiger partial charge in [-0.05, 0) is 59.5 Å². The molecule has 1 fully saturated rings. The largest absolute Gasteiger partial charge is 0.491 e. The first kappa shape index (κ1) is 28.4. The number of carbonyl (C=O) groups is 2. The number of cyclic esters (lactones) is 1. The second-order valence-corrected chi connectivity index (χ2v) is 10.7. The number of amides is 2. The second kappa shape index (κ2) is 12.6. The Bertz CT molecular complexity index is 1370. The zero-order valence-electron chi connectivity index (χ0n) is 23.7. The van der Waals surface area contributed by atoms with Gasteiger partial charge in [-0.25, -0.2) is 4.79 Å². The summed E-state index contributed by atoms with van der Waals surface area (Å²) in [5.74, 6) is 0.812. The lowest BCUT2D eigenvalue weighted by Gasteiger charge is -2.32. The van der Waals surface area contributed by atoms with Crippen molar-refractivity contribution in [3.63, 3.8) is 0 Å². The molecule has 2 aliphatic rings. The Balaban J connectivity index is 1.03. The van der Waals surface area contributed by atoms with Crippen LogP contribution < -0.4 is 14.8 Å². The summed E-state index contributed by atoms with van der Waals surface area (Å²) in [6, 6.07) is 21.3. The topological polar surface area (TPSA) is 95.6 Å². The Morgan fingerprint density at radius 1 is 1.05 bits per heavy atom. The van der Waals surface area contributed by atoms with Gasteiger partial charge in [0.05, 0.1) is 26.4 Å². The highest BCUT2D eigenvalue weighted by Crippen LogP contribution is 2.35. The molecule has 0 spiro atoms. The molecule has 3 aromatic rings. The highest BCUT2D eigenvalue weighted by atomic mass is 16.7. The minimum atomic E-state index is -0.644. The number of hydrogen-bond donors (Lipinski definition) is 1. The molecule has 1 saturated heterocycles. The molecule has 1 N–H and O–H groups in total. The van der Waals surface area contributed by atoms with Crippen molar-refractivity contribution in [2.45, 2.75) is 52.3 Å². The summed E-state index contributed by atoms with van der Waals surface area (Å²) in [4.78, 5) is 25.5. The Kier molecular flexibility index (Phi) is 8.75. The number of fused-ring (bicyclic) bond motifs is 1. The minimum absolute atomic E-state index is 0.104. The fourth-order valence-electron chi connectivity index (χ4n) is 4.79. The van der Waals surface area contributed by atoms with Crippen molar-refractivity contribution in [3.05, 3.63) is 89.0 Å². The smallest absolute Gasteiger partial charge is 0.410 e. The Morgan fingerprint density at radius 3 is 2.68 bits per heavy atom. The van der Waals surface area contributed by atoms with Gasteiger partial charge in [0.15, 0.2) is 0 Å². The number of nitrogens with one attached hydrogen (secondary N) is 1. The lowest BCUT2D eigenvalue weighted by atomic mass is 10.0. The van der Waals surface area contributed by atoms with E-state index in [1.807, 2.05) is 80.6 Å². The Hall–Kier alpha value is -4.08. The first-order chi connectivity index (χ1) is 19.7. The third-order valence-corrected chi connectivity index (χ3v) is 6.88. The van der Waals surface area contributed by atoms with Crippen LogP contribution in [0.3, 0.4) is 0 Å². The number of carbonyl (C=O) groups excluding carboxylic acids is 2. The van der Waals surface area contributed by atoms with Crippen molar-refractivity contribution in [1.29, 1.82) is 0 Å². The van der Waals surface area contributed by atoms with Crippen LogP contribution in [0.5, 0.6) is 11.5 Å². The van der Waals surface area contributed by atoms with E-state index >= 15 is 0 Å². The van der Waals surface area contributed by atoms with E-state index in [9.17, 15) is 9.59 Å². The van der Waals surface area contributed by atoms with Crippen LogP contribution in [0.1, 0.15) is 49.1 Å². The normalized spacial score (nSPS) is 17.4. The number of nitrogens with zero attached hydrogens (tertiary/aromatic N) is 1. The molecule has 2 amide bonds. The summed E-state index contributed by atoms with van der Waals surface area (Å²) >= 11 is 0. The molecule has 3 aromatic carbocycles. The molecule has 9 nitrogen and oxygen atoms in total. The third-order valence-electron chi connectivity index (χ3n) is 6.88. The molecule has 1 atom stereocenters. The molecular weight excluding hydrogens is 524 g/mol. The number of ether oxygens (including phenoxy) is 5. The third kappa shape index (κ3) is 7.77. The van der Waals surface area contributed by atoms with Crippen LogP contribution in [0.15, 0.2) is 66.7 Å². The number of hydrogen-bond acceptors (Lipinski definition) is 7. The summed E-state index contributed by atoms with van der Waals surface area (Å²) in [5.41, 5.74) is 4.73. The number of rotatable bonds is 11. The van der Waals surface area contributed by atoms with Crippen molar-refractivity contribution in [3.8, 4) is 11.5 Å². The van der Waals surface area contributed by atoms with Gasteiger partial charge in [0.1, 0.15) is 24.2 Å². The standard InChI is InChI=1S/C32H36N2O7/c1-22(35)33-27-6-4-5-24(17-27)20-37-15-16-38-28-10-7-23(8-11-28)13-14-34-19-30(40-31(34)36)25-9-12-29-26(18-25)21-39-32(2,3)41-29/h4-12,17-18,30H,13-16,19-21H2,1-3H3,(H,33,35)/t30-/m0/s1. The van der Waals surface area contributed by atoms with E-state index in [-0.39, 0.29) is 18.1 Å². The highest BCUT2D eigenvalue weighted by Gasteiger charge is 2.33. The molecule has 0 aromatic heterocycles. The molecule has 0 aliphatic carbocycles. The maximum atomic E-state index is 12.5. The van der Waals surface area contributed by atoms with Gasteiger partial charge in [0.25, 0.3) is 0 Å². The SMILES string of the molecule is CC(=O)Nc1cccc(COCCOc2ccc(CCN3C[C@@H](c4ccc5c(c4)COC(C)(C)O5)OC3=O)cc2)c1. The maximum Gasteiger partial charge on any atom is 0.410 e. The summed E-state index contributed by atoms with van der Waals surface area (Å²) < 4.78 is 28.8. The number of benzene rings is 3. The van der Waals surface area contributed by atoms with Crippen LogP contribution in [0.2, 0.25) is 0 Å². The van der Waals surface area contributed by atoms with E-state index in [4.69, 9.17) is 23.7 Å². The minimum Gasteiger partial charge on any atom is -0.491 e. The Labute approximate surface area is 240 Å². The van der Waals surface area contributed by atoms with Crippen LogP contribution >= 0.6 is 0 Å². The fraction of sp³-hybridized carbons (Fsp3) is 0.375. The zero-order chi connectivity index (χ0) is 28.8. The van der Waals surface area contributed by atoms with Gasteiger partial charge in [0.2, 0.25) is 11.7 Å². The van der Waals surface area contributed by atoms with Crippen LogP contribution in [0, 0.1) is 0 Å². The summed E-state index contributed by atoms with van der Waals surface area (Å²) in [5, 5.41) is 2.77. The quantitative estimate of drug-likeness (QED) is 0.304. The molecule has 9 heteroatoms. The van der Waals surface area contributed by atoms with Crippen LogP contribution in [0.4, 0.5) is 10.5 Å². The second-order valence-electron chi connectivity index (χ2n) is 10.7. The molecule has 2 aliphatic heterocycles. The predicted molar refractivity (Wildman–Crippen MR) is 153 cm³/mol. The van der Waals surface area contributed by atoms with Crippen molar-refractivity contribution < 1.29 is 33.3 Å². The molecule has 216 valence electrons. The maximum absolute atomic E-state index is 12.5. The molecule has 41 heavy (non-hydrogen) atoms. The van der Waals surface area contributed by atoms with E-state index < -0.39 is 5.79 Å². The lowest BCUT2D eigenvalue weighted by Crippen LogP contribution is -2.35. The molecule has 5 rings (SSSR count). The van der Waals surface area contributed by atoms with Gasteiger partial charge in [-0.3, -0.25) is 4.79 Å². The fourth-order valence-corrected chi connectivity index (χ4v) is 4.79. The van der Waals surface area contributed by atoms with E-state index in [0.29, 0.717) is 45.9 Å². The molecule has 0 unspecified atom stereocenters. The van der Waals surface area contributed by atoms with Crippen molar-refractivity contribution >= 4 is 17.7 Å². The van der Waals surface area contributed by atoms with E-state index in [1.165, 1.54) is 6.92 Å². The first-order valence-electron chi connectivity index (χ1n) is 13.8. The van der Waals surface area contributed by atoms with Gasteiger partial charge in [0, 0.05) is 38.6 Å². The van der Waals surface area contributed by atoms with Gasteiger partial charge < -0.3 is 33.9 Å². The van der Waals surface area contributed by atoms with Crippen LogP contribution in [-0.2, 0) is 38.6 Å². The Morgan fingerprint density at radius 2 is 1.88 bits per heavy atom. The van der Waals surface area contributed by atoms with E-state index in [1.54, 1.807) is 4.90 Å². The summed E-state index contributed by atoms with van der Waals surface area (Å²) in [6.07, 6.45) is 0.0917. The van der Waals surface area contributed by atoms with Gasteiger partial charge >= 0.3 is 6.09 Å². The van der Waals surface area contributed by atoms with Crippen LogP contribution in [0.25, 0.3) is 0 Å². The van der Waals surface area contributed by atoms with Gasteiger partial charge in [-0.15, -0.1) is 0 Å². The molecule has 0 bridgehead atoms. The first-order valence-corrected chi connectivity index (χ1v) is 13.8. The van der Waals surface area contributed by atoms with Crippen molar-refractivity contribution in [2.24, 2.45) is 0 Å². The lowest BCUT2D eigenvalue weighted by molar-refractivity contribution is -0.180. The molecule has 0 radical (unpaired) electrons. The van der Waals surface area contributed by atoms with Gasteiger partial charge in [-0.2, -0.15) is 0 Å². The molecule has 2 heterocycles. The predicted octanol–water partition coefficient (Wildman–Crippen LogP) is 5.62. The molecular formula is C32H36N2O7. The average Bonchev–Trinajstić information content (AvgIpc) is 3.31. The van der Waals surface area contributed by atoms with Crippen LogP contribution in [-0.4, -0.2) is 49.0 Å². The van der Waals surface area contributed by atoms with Crippen molar-refractivity contribution in [2.75, 3.05) is 31.6 Å². The van der Waals surface area contributed by atoms with E-state index in [2.05, 4.69) is 5.32 Å². The molecule has 0 saturated carbocycles. The van der Waals surface area contributed by atoms with Crippen molar-refractivity contribution in [1.82, 2.24) is 4.90 Å². The summed E-state index contributed by atoms with van der Waals surface area (Å²) in [7, 11) is 0. The van der Waals surface area contributed by atoms with Gasteiger partial charge in [-0.1, -0.05) is 30.3 Å². The van der Waals surface area contributed by atoms with E-state index in [0.717, 1.165) is 39.4 Å². The average molecular weight is 561 g/mol. The number of anilines is 1. The highest BCUT2D eigenvalue weighted by molar-refractivity contribution is 5.88. The zero-order valence-corrected chi connectivity index (χ0v) is 23.7.